The first-order valence-electron chi connectivity index (χ1n) is 6.75. The van der Waals surface area contributed by atoms with Crippen molar-refractivity contribution >= 4 is 35.8 Å². The van der Waals surface area contributed by atoms with Crippen molar-refractivity contribution in [2.45, 2.75) is 0 Å². The molecule has 0 aromatic carbocycles. The molecule has 0 unspecified atom stereocenters. The first kappa shape index (κ1) is 64.0. The zero-order valence-electron chi connectivity index (χ0n) is 23.8. The van der Waals surface area contributed by atoms with Gasteiger partial charge in [0.05, 0.1) is 0 Å². The summed E-state index contributed by atoms with van der Waals surface area (Å²) in [5, 5.41) is 45.6. The van der Waals surface area contributed by atoms with Crippen molar-refractivity contribution in [1.29, 1.82) is 0 Å². The third kappa shape index (κ3) is 226. The van der Waals surface area contributed by atoms with Gasteiger partial charge in [0, 0.05) is 36.5 Å². The van der Waals surface area contributed by atoms with Crippen LogP contribution in [-0.2, 0) is 28.8 Å². The molecule has 0 aliphatic heterocycles. The molecule has 0 aliphatic carbocycles. The van der Waals surface area contributed by atoms with Crippen LogP contribution < -0.4 is 118 Å². The van der Waals surface area contributed by atoms with Crippen molar-refractivity contribution in [3.8, 4) is 0 Å². The van der Waals surface area contributed by atoms with E-state index in [1.54, 1.807) is 0 Å². The van der Waals surface area contributed by atoms with E-state index in [0.29, 0.717) is 0 Å². The Labute approximate surface area is 291 Å². The molecule has 6 N–H and O–H groups in total. The van der Waals surface area contributed by atoms with Crippen LogP contribution in [-0.4, -0.2) is 66.5 Å². The molecule has 0 saturated carbocycles. The van der Waals surface area contributed by atoms with Crippen molar-refractivity contribution in [2.75, 3.05) is 0 Å². The molecule has 0 fully saturated rings. The van der Waals surface area contributed by atoms with Gasteiger partial charge in [-0.05, 0) is 0 Å². The third-order valence-corrected chi connectivity index (χ3v) is 1.05. The fourth-order valence-corrected chi connectivity index (χ4v) is 0. The molecule has 0 spiro atoms. The van der Waals surface area contributed by atoms with E-state index in [1.807, 2.05) is 0 Å². The van der Waals surface area contributed by atoms with Crippen molar-refractivity contribution < 1.29 is 183 Å². The molecule has 0 amide bonds. The average Bonchev–Trinajstić information content (AvgIpc) is 2.69. The average molecular weight is 528 g/mol. The Morgan fingerprint density at radius 3 is 0.382 bits per heavy atom. The van der Waals surface area contributed by atoms with Gasteiger partial charge >= 0.3 is 154 Å². The number of carbonyl (C=O) groups is 6. The van der Waals surface area contributed by atoms with Crippen LogP contribution in [0.2, 0.25) is 0 Å². The smallest absolute Gasteiger partial charge is 1.00 e. The third-order valence-electron chi connectivity index (χ3n) is 1.05. The van der Waals surface area contributed by atoms with Crippen LogP contribution >= 0.6 is 0 Å². The zero-order chi connectivity index (χ0) is 25.7. The van der Waals surface area contributed by atoms with E-state index in [1.165, 1.54) is 0 Å². The van der Waals surface area contributed by atoms with Gasteiger partial charge in [-0.25, -0.2) is 28.8 Å². The monoisotopic (exact) mass is 528 g/mol. The molecule has 34 heavy (non-hydrogen) atoms. The van der Waals surface area contributed by atoms with E-state index < -0.39 is 35.8 Å². The van der Waals surface area contributed by atoms with Gasteiger partial charge in [-0.3, -0.25) is 0 Å². The molecule has 0 aromatic heterocycles. The number of carboxylic acid groups (broad SMARTS) is 6. The van der Waals surface area contributed by atoms with E-state index in [9.17, 15) is 28.8 Å². The molecule has 0 heterocycles. The largest absolute Gasteiger partial charge is 1.00 e. The van der Waals surface area contributed by atoms with E-state index in [-0.39, 0.29) is 124 Å². The summed E-state index contributed by atoms with van der Waals surface area (Å²) in [6.07, 6.45) is 5.00. The number of rotatable bonds is 6. The maximum atomic E-state index is 9.25. The van der Waals surface area contributed by atoms with Crippen LogP contribution in [0.1, 0.15) is 5.71 Å². The molecule has 0 rings (SSSR count). The summed E-state index contributed by atoms with van der Waals surface area (Å²) < 4.78 is 0. The predicted octanol–water partition coefficient (Wildman–Crippen LogP) is -9.99. The number of carboxylic acids is 6. The van der Waals surface area contributed by atoms with Crippen molar-refractivity contribution in [3.05, 3.63) is 75.9 Å². The predicted molar refractivity (Wildman–Crippen MR) is 111 cm³/mol. The molecule has 0 aromatic rings. The van der Waals surface area contributed by atoms with Gasteiger partial charge in [0.2, 0.25) is 0 Å². The summed E-state index contributed by atoms with van der Waals surface area (Å²) in [6.45, 7) is 17.8. The number of aliphatic carboxylic acids is 6. The minimum Gasteiger partial charge on any atom is -1.00 e. The Morgan fingerprint density at radius 1 is 0.353 bits per heavy atom. The summed E-state index contributed by atoms with van der Waals surface area (Å²) in [7, 11) is 0. The quantitative estimate of drug-likeness (QED) is 0.140. The Morgan fingerprint density at radius 2 is 0.382 bits per heavy atom. The molecular weight excluding hydrogens is 500 g/mol. The first-order chi connectivity index (χ1) is 13.6. The summed E-state index contributed by atoms with van der Waals surface area (Å²) >= 11 is 0. The first-order valence-corrected chi connectivity index (χ1v) is 6.75. The maximum Gasteiger partial charge on any atom is 1.00 e. The van der Waals surface area contributed by atoms with E-state index in [0.717, 1.165) is 36.5 Å². The second-order valence-electron chi connectivity index (χ2n) is 3.25. The van der Waals surface area contributed by atoms with Gasteiger partial charge in [-0.2, -0.15) is 0 Å². The standard InChI is InChI=1S/6C3H4O2.4Na.4H/c6*1-2-3(4)5;;;;;;;;/h6*2H,1H2,(H,4,5);;;;;;;;/q;;;;;;4*+1;4*-1. The minimum absolute atomic E-state index is 0. The normalized spacial score (nSPS) is 5.65. The summed E-state index contributed by atoms with van der Waals surface area (Å²) in [5.74, 6) is -5.89. The maximum absolute atomic E-state index is 9.25. The van der Waals surface area contributed by atoms with Gasteiger partial charge in [-0.1, -0.05) is 39.5 Å². The van der Waals surface area contributed by atoms with Crippen LogP contribution in [0.4, 0.5) is 0 Å². The van der Waals surface area contributed by atoms with Gasteiger partial charge in [0.25, 0.3) is 0 Å². The Bertz CT molecular complexity index is 511. The van der Waals surface area contributed by atoms with Gasteiger partial charge in [0.15, 0.2) is 0 Å². The molecule has 0 bridgehead atoms. The summed E-state index contributed by atoms with van der Waals surface area (Å²) in [4.78, 5) is 55.5. The second-order valence-corrected chi connectivity index (χ2v) is 3.25. The van der Waals surface area contributed by atoms with E-state index in [2.05, 4.69) is 39.5 Å². The Kier molecular flexibility index (Phi) is 110. The molecule has 0 aliphatic rings. The topological polar surface area (TPSA) is 224 Å². The van der Waals surface area contributed by atoms with Crippen molar-refractivity contribution in [1.82, 2.24) is 0 Å². The van der Waals surface area contributed by atoms with Crippen LogP contribution in [0.3, 0.4) is 0 Å². The van der Waals surface area contributed by atoms with Gasteiger partial charge in [0.1, 0.15) is 0 Å². The molecule has 16 heteroatoms. The molecule has 0 radical (unpaired) electrons. The minimum atomic E-state index is -0.981. The second kappa shape index (κ2) is 58.3. The molecule has 0 saturated heterocycles. The van der Waals surface area contributed by atoms with Crippen LogP contribution in [0, 0.1) is 0 Å². The molecular formula is C18H28Na4O12. The SMILES string of the molecule is C=CC(=O)O.C=CC(=O)O.C=CC(=O)O.C=CC(=O)O.C=CC(=O)O.C=CC(=O)O.[H-].[H-].[H-].[H-].[Na+].[Na+].[Na+].[Na+]. The number of hydrogen-bond donors (Lipinski definition) is 6. The Hall–Kier alpha value is -0.740. The summed E-state index contributed by atoms with van der Waals surface area (Å²) in [6, 6.07) is 0. The van der Waals surface area contributed by atoms with Crippen molar-refractivity contribution in [3.63, 3.8) is 0 Å². The fourth-order valence-electron chi connectivity index (χ4n) is 0. The fraction of sp³-hybridized carbons (Fsp3) is 0. The van der Waals surface area contributed by atoms with Crippen molar-refractivity contribution in [2.24, 2.45) is 0 Å². The zero-order valence-corrected chi connectivity index (χ0v) is 27.8. The number of hydrogen-bond acceptors (Lipinski definition) is 6. The van der Waals surface area contributed by atoms with Crippen LogP contribution in [0.15, 0.2) is 75.9 Å². The molecule has 12 nitrogen and oxygen atoms in total. The molecule has 0 atom stereocenters. The molecule has 176 valence electrons. The van der Waals surface area contributed by atoms with Gasteiger partial charge < -0.3 is 36.3 Å². The Balaban J connectivity index is -0.0000000145. The summed E-state index contributed by atoms with van der Waals surface area (Å²) in [5.41, 5.74) is 0. The van der Waals surface area contributed by atoms with E-state index in [4.69, 9.17) is 30.6 Å². The van der Waals surface area contributed by atoms with E-state index >= 15 is 0 Å². The van der Waals surface area contributed by atoms with Crippen LogP contribution in [0.5, 0.6) is 0 Å². The van der Waals surface area contributed by atoms with Gasteiger partial charge in [-0.15, -0.1) is 0 Å². The van der Waals surface area contributed by atoms with Crippen LogP contribution in [0.25, 0.3) is 0 Å².